The largest absolute Gasteiger partial charge is 0.466 e. The summed E-state index contributed by atoms with van der Waals surface area (Å²) in [5, 5.41) is 23.4. The van der Waals surface area contributed by atoms with Gasteiger partial charge in [0.1, 0.15) is 0 Å². The van der Waals surface area contributed by atoms with Gasteiger partial charge in [-0.2, -0.15) is 0 Å². The molecule has 0 bridgehead atoms. The molecule has 0 spiro atoms. The summed E-state index contributed by atoms with van der Waals surface area (Å²) >= 11 is 6.15. The molecule has 1 unspecified atom stereocenters. The lowest BCUT2D eigenvalue weighted by atomic mass is 9.79. The van der Waals surface area contributed by atoms with E-state index in [1.54, 1.807) is 24.8 Å². The number of nitro groups is 1. The highest BCUT2D eigenvalue weighted by Crippen LogP contribution is 2.43. The number of carbonyl (C=O) groups excluding carboxylic acids is 2. The van der Waals surface area contributed by atoms with Crippen LogP contribution in [0.15, 0.2) is 71.1 Å². The van der Waals surface area contributed by atoms with E-state index in [-0.39, 0.29) is 23.4 Å². The molecule has 1 saturated heterocycles. The molecular weight excluding hydrogens is 564 g/mol. The Hall–Kier alpha value is -3.93. The number of anilines is 1. The molecule has 0 radical (unpaired) electrons. The summed E-state index contributed by atoms with van der Waals surface area (Å²) in [6, 6.07) is 13.5. The lowest BCUT2D eigenvalue weighted by Crippen LogP contribution is -2.50. The summed E-state index contributed by atoms with van der Waals surface area (Å²) in [6.07, 6.45) is -0.820. The van der Waals surface area contributed by atoms with Gasteiger partial charge in [0, 0.05) is 73.5 Å². The normalized spacial score (nSPS) is 17.4. The fraction of sp³-hybridized carbons (Fsp3) is 0.400. The monoisotopic (exact) mass is 598 g/mol. The molecule has 1 N–H and O–H groups in total. The predicted octanol–water partition coefficient (Wildman–Crippen LogP) is 3.72. The first kappa shape index (κ1) is 31.0. The number of hydrogen-bond acceptors (Lipinski definition) is 10. The average Bonchev–Trinajstić information content (AvgIpc) is 2.98. The van der Waals surface area contributed by atoms with E-state index in [0.29, 0.717) is 28.5 Å². The van der Waals surface area contributed by atoms with Crippen molar-refractivity contribution in [1.82, 2.24) is 9.80 Å². The minimum absolute atomic E-state index is 0.106. The Morgan fingerprint density at radius 1 is 0.976 bits per heavy atom. The maximum Gasteiger partial charge on any atom is 0.336 e. The number of non-ortho nitro benzene ring substituents is 1. The molecule has 0 amide bonds. The SMILES string of the molecule is COC(=O)C1=C(C)N(CC(O)CN2CCN(c3cccc(Cl)c3)CC2)C(C)=C(C(=O)OC)C1c1cccc([N+](=O)[O-])c1. The number of nitrogens with zero attached hydrogens (tertiary/aromatic N) is 4. The van der Waals surface area contributed by atoms with Gasteiger partial charge in [0.05, 0.1) is 42.3 Å². The van der Waals surface area contributed by atoms with Crippen LogP contribution in [0.1, 0.15) is 25.3 Å². The Labute approximate surface area is 249 Å². The number of aliphatic hydroxyl groups is 1. The lowest BCUT2D eigenvalue weighted by molar-refractivity contribution is -0.384. The highest BCUT2D eigenvalue weighted by molar-refractivity contribution is 6.30. The zero-order valence-corrected chi connectivity index (χ0v) is 24.8. The van der Waals surface area contributed by atoms with E-state index >= 15 is 0 Å². The molecule has 224 valence electrons. The van der Waals surface area contributed by atoms with E-state index in [4.69, 9.17) is 21.1 Å². The minimum atomic E-state index is -0.960. The Bertz CT molecular complexity index is 1380. The third-order valence-electron chi connectivity index (χ3n) is 7.80. The van der Waals surface area contributed by atoms with Crippen LogP contribution < -0.4 is 4.90 Å². The summed E-state index contributed by atoms with van der Waals surface area (Å²) in [6.45, 7) is 6.95. The van der Waals surface area contributed by atoms with Crippen LogP contribution in [0.2, 0.25) is 5.02 Å². The van der Waals surface area contributed by atoms with Crippen molar-refractivity contribution >= 4 is 34.9 Å². The number of β-amino-alcohol motifs (C(OH)–C–C–N with tert-alkyl or cyclic N) is 1. The molecular formula is C30H35ClN4O7. The second kappa shape index (κ2) is 13.4. The number of hydrogen-bond donors (Lipinski definition) is 1. The van der Waals surface area contributed by atoms with E-state index in [1.165, 1.54) is 32.4 Å². The number of esters is 2. The van der Waals surface area contributed by atoms with Crippen molar-refractivity contribution in [2.75, 3.05) is 58.4 Å². The number of nitro benzene ring substituents is 1. The van der Waals surface area contributed by atoms with Crippen LogP contribution >= 0.6 is 11.6 Å². The van der Waals surface area contributed by atoms with Crippen molar-refractivity contribution < 1.29 is 29.1 Å². The van der Waals surface area contributed by atoms with Gasteiger partial charge in [-0.3, -0.25) is 15.0 Å². The van der Waals surface area contributed by atoms with Crippen molar-refractivity contribution in [2.45, 2.75) is 25.9 Å². The number of ether oxygens (including phenoxy) is 2. The maximum absolute atomic E-state index is 13.2. The van der Waals surface area contributed by atoms with Gasteiger partial charge in [0.2, 0.25) is 0 Å². The molecule has 42 heavy (non-hydrogen) atoms. The second-order valence-corrected chi connectivity index (χ2v) is 10.7. The summed E-state index contributed by atoms with van der Waals surface area (Å²) in [4.78, 5) is 43.4. The van der Waals surface area contributed by atoms with Gasteiger partial charge in [-0.15, -0.1) is 0 Å². The van der Waals surface area contributed by atoms with Crippen LogP contribution in [0.25, 0.3) is 0 Å². The molecule has 2 aromatic rings. The number of benzene rings is 2. The highest BCUT2D eigenvalue weighted by atomic mass is 35.5. The smallest absolute Gasteiger partial charge is 0.336 e. The Kier molecular flexibility index (Phi) is 9.87. The summed E-state index contributed by atoms with van der Waals surface area (Å²) in [5.41, 5.74) is 2.51. The van der Waals surface area contributed by atoms with Crippen molar-refractivity contribution in [3.63, 3.8) is 0 Å². The first-order valence-corrected chi connectivity index (χ1v) is 13.9. The number of halogens is 1. The first-order chi connectivity index (χ1) is 20.0. The third kappa shape index (κ3) is 6.59. The van der Waals surface area contributed by atoms with Crippen molar-refractivity contribution in [3.05, 3.63) is 91.8 Å². The number of carbonyl (C=O) groups is 2. The molecule has 12 heteroatoms. The summed E-state index contributed by atoms with van der Waals surface area (Å²) in [7, 11) is 2.47. The molecule has 2 aliphatic heterocycles. The molecule has 2 aromatic carbocycles. The van der Waals surface area contributed by atoms with E-state index < -0.39 is 28.9 Å². The van der Waals surface area contributed by atoms with Crippen molar-refractivity contribution in [2.24, 2.45) is 0 Å². The maximum atomic E-state index is 13.2. The second-order valence-electron chi connectivity index (χ2n) is 10.3. The van der Waals surface area contributed by atoms with Crippen LogP contribution in [0, 0.1) is 10.1 Å². The molecule has 0 saturated carbocycles. The van der Waals surface area contributed by atoms with Crippen LogP contribution in [0.4, 0.5) is 11.4 Å². The summed E-state index contributed by atoms with van der Waals surface area (Å²) < 4.78 is 10.2. The van der Waals surface area contributed by atoms with Gasteiger partial charge in [-0.25, -0.2) is 9.59 Å². The highest BCUT2D eigenvalue weighted by Gasteiger charge is 2.41. The fourth-order valence-electron chi connectivity index (χ4n) is 5.71. The van der Waals surface area contributed by atoms with Crippen LogP contribution in [0.5, 0.6) is 0 Å². The van der Waals surface area contributed by atoms with E-state index in [0.717, 1.165) is 31.9 Å². The van der Waals surface area contributed by atoms with Crippen LogP contribution in [-0.2, 0) is 19.1 Å². The molecule has 11 nitrogen and oxygen atoms in total. The van der Waals surface area contributed by atoms with E-state index in [9.17, 15) is 24.8 Å². The number of rotatable bonds is 9. The number of aliphatic hydroxyl groups excluding tert-OH is 1. The van der Waals surface area contributed by atoms with Gasteiger partial charge in [-0.1, -0.05) is 29.8 Å². The molecule has 0 aliphatic carbocycles. The van der Waals surface area contributed by atoms with Crippen molar-refractivity contribution in [1.29, 1.82) is 0 Å². The zero-order chi connectivity index (χ0) is 30.6. The Morgan fingerprint density at radius 3 is 2.12 bits per heavy atom. The zero-order valence-electron chi connectivity index (χ0n) is 24.1. The van der Waals surface area contributed by atoms with Gasteiger partial charge in [0.25, 0.3) is 5.69 Å². The quantitative estimate of drug-likeness (QED) is 0.259. The Balaban J connectivity index is 1.59. The molecule has 0 aromatic heterocycles. The van der Waals surface area contributed by atoms with Gasteiger partial charge in [0.15, 0.2) is 0 Å². The van der Waals surface area contributed by atoms with Gasteiger partial charge < -0.3 is 24.4 Å². The van der Waals surface area contributed by atoms with E-state index in [2.05, 4.69) is 9.80 Å². The molecule has 2 heterocycles. The minimum Gasteiger partial charge on any atom is -0.466 e. The Morgan fingerprint density at radius 2 is 1.57 bits per heavy atom. The molecule has 1 fully saturated rings. The lowest BCUT2D eigenvalue weighted by Gasteiger charge is -2.40. The average molecular weight is 599 g/mol. The first-order valence-electron chi connectivity index (χ1n) is 13.6. The van der Waals surface area contributed by atoms with Crippen LogP contribution in [-0.4, -0.2) is 91.4 Å². The number of allylic oxidation sites excluding steroid dienone is 2. The van der Waals surface area contributed by atoms with Crippen molar-refractivity contribution in [3.8, 4) is 0 Å². The molecule has 1 atom stereocenters. The van der Waals surface area contributed by atoms with Gasteiger partial charge in [-0.05, 0) is 37.6 Å². The van der Waals surface area contributed by atoms with Crippen LogP contribution in [0.3, 0.4) is 0 Å². The standard InChI is InChI=1S/C30H35ClN4O7/c1-19-26(29(37)41-3)28(21-7-5-10-24(15-21)35(39)40)27(30(38)42-4)20(2)34(19)18-25(36)17-32-11-13-33(14-12-32)23-9-6-8-22(31)16-23/h5-10,15-16,25,28,36H,11-14,17-18H2,1-4H3. The molecule has 4 rings (SSSR count). The predicted molar refractivity (Wildman–Crippen MR) is 158 cm³/mol. The van der Waals surface area contributed by atoms with Gasteiger partial charge >= 0.3 is 11.9 Å². The number of methoxy groups -OCH3 is 2. The fourth-order valence-corrected chi connectivity index (χ4v) is 5.89. The number of piperazine rings is 1. The summed E-state index contributed by atoms with van der Waals surface area (Å²) in [5.74, 6) is -2.33. The molecule has 2 aliphatic rings. The topological polar surface area (TPSA) is 126 Å². The third-order valence-corrected chi connectivity index (χ3v) is 8.03. The van der Waals surface area contributed by atoms with E-state index in [1.807, 2.05) is 24.3 Å².